The molecule has 2 aromatic rings. The Morgan fingerprint density at radius 2 is 1.94 bits per heavy atom. The molecule has 0 fully saturated rings. The van der Waals surface area contributed by atoms with E-state index < -0.39 is 0 Å². The molecule has 0 radical (unpaired) electrons. The molecule has 0 unspecified atom stereocenters. The molecule has 0 saturated heterocycles. The van der Waals surface area contributed by atoms with Crippen LogP contribution in [0.2, 0.25) is 0 Å². The summed E-state index contributed by atoms with van der Waals surface area (Å²) in [5, 5.41) is 13.9. The van der Waals surface area contributed by atoms with Crippen LogP contribution in [0.4, 0.5) is 4.39 Å². The minimum Gasteiger partial charge on any atom is -0.411 e. The highest BCUT2D eigenvalue weighted by molar-refractivity contribution is 6.06. The summed E-state index contributed by atoms with van der Waals surface area (Å²) in [7, 11) is 0. The number of oxime groups is 1. The summed E-state index contributed by atoms with van der Waals surface area (Å²) >= 11 is 0. The lowest BCUT2D eigenvalue weighted by atomic mass is 9.87. The van der Waals surface area contributed by atoms with Crippen molar-refractivity contribution in [2.24, 2.45) is 5.16 Å². The first-order valence-corrected chi connectivity index (χ1v) is 5.72. The lowest BCUT2D eigenvalue weighted by molar-refractivity contribution is 0.317. The zero-order valence-electron chi connectivity index (χ0n) is 9.28. The second-order valence-corrected chi connectivity index (χ2v) is 4.33. The Bertz CT molecular complexity index is 619. The Kier molecular flexibility index (Phi) is 2.32. The van der Waals surface area contributed by atoms with Crippen LogP contribution in [0.5, 0.6) is 0 Å². The molecule has 0 aromatic heterocycles. The summed E-state index contributed by atoms with van der Waals surface area (Å²) in [6.45, 7) is 0. The van der Waals surface area contributed by atoms with Crippen LogP contribution in [-0.4, -0.2) is 10.9 Å². The van der Waals surface area contributed by atoms with E-state index in [1.54, 1.807) is 12.1 Å². The maximum Gasteiger partial charge on any atom is 0.131 e. The van der Waals surface area contributed by atoms with E-state index >= 15 is 0 Å². The number of aryl methyl sites for hydroxylation is 1. The van der Waals surface area contributed by atoms with Gasteiger partial charge in [-0.05, 0) is 36.3 Å². The van der Waals surface area contributed by atoms with Gasteiger partial charge in [0.1, 0.15) is 5.82 Å². The fourth-order valence-corrected chi connectivity index (χ4v) is 2.59. The molecule has 0 aliphatic heterocycles. The van der Waals surface area contributed by atoms with Crippen molar-refractivity contribution in [2.75, 3.05) is 0 Å². The van der Waals surface area contributed by atoms with Crippen molar-refractivity contribution in [1.29, 1.82) is 0 Å². The summed E-state index contributed by atoms with van der Waals surface area (Å²) < 4.78 is 13.7. The van der Waals surface area contributed by atoms with E-state index in [2.05, 4.69) is 5.16 Å². The average Bonchev–Trinajstić information content (AvgIpc) is 2.38. The summed E-state index contributed by atoms with van der Waals surface area (Å²) in [6.07, 6.45) is 2.64. The largest absolute Gasteiger partial charge is 0.411 e. The summed E-state index contributed by atoms with van der Waals surface area (Å²) in [5.41, 5.74) is 2.76. The standard InChI is InChI=1S/C14H12FNO/c15-13-5-1-3-9-10-4-2-6-14(16-17)12(10)8-7-11(9)13/h1,3,5,7-8,17H,2,4,6H2/b16-14+/i16+1. The molecule has 3 heteroatoms. The summed E-state index contributed by atoms with van der Waals surface area (Å²) in [4.78, 5) is 0. The molecule has 17 heavy (non-hydrogen) atoms. The Morgan fingerprint density at radius 1 is 1.06 bits per heavy atom. The van der Waals surface area contributed by atoms with Gasteiger partial charge in [-0.1, -0.05) is 29.4 Å². The second-order valence-electron chi connectivity index (χ2n) is 4.33. The number of rotatable bonds is 0. The highest BCUT2D eigenvalue weighted by atomic mass is 19.1. The maximum absolute atomic E-state index is 13.7. The SMILES string of the molecule is O/[15N]=C1\CCCc2c1ccc1c(F)cccc21. The highest BCUT2D eigenvalue weighted by Gasteiger charge is 2.18. The molecule has 2 aromatic carbocycles. The monoisotopic (exact) mass is 230 g/mol. The minimum atomic E-state index is -0.196. The van der Waals surface area contributed by atoms with Crippen molar-refractivity contribution in [3.05, 3.63) is 47.3 Å². The second kappa shape index (κ2) is 3.84. The zero-order chi connectivity index (χ0) is 11.8. The van der Waals surface area contributed by atoms with Gasteiger partial charge in [0.15, 0.2) is 0 Å². The van der Waals surface area contributed by atoms with Crippen LogP contribution < -0.4 is 0 Å². The van der Waals surface area contributed by atoms with E-state index in [1.165, 1.54) is 6.07 Å². The van der Waals surface area contributed by atoms with Gasteiger partial charge in [0.2, 0.25) is 0 Å². The molecule has 0 bridgehead atoms. The Morgan fingerprint density at radius 3 is 2.76 bits per heavy atom. The van der Waals surface area contributed by atoms with E-state index in [4.69, 9.17) is 5.21 Å². The van der Waals surface area contributed by atoms with Crippen LogP contribution in [0.3, 0.4) is 0 Å². The van der Waals surface area contributed by atoms with E-state index in [9.17, 15) is 4.39 Å². The molecule has 0 spiro atoms. The molecule has 3 rings (SSSR count). The van der Waals surface area contributed by atoms with Gasteiger partial charge in [-0.25, -0.2) is 4.39 Å². The third-order valence-corrected chi connectivity index (χ3v) is 3.39. The molecule has 0 saturated carbocycles. The van der Waals surface area contributed by atoms with E-state index in [1.807, 2.05) is 12.1 Å². The van der Waals surface area contributed by atoms with E-state index in [0.717, 1.165) is 35.8 Å². The topological polar surface area (TPSA) is 32.6 Å². The van der Waals surface area contributed by atoms with Gasteiger partial charge in [0.05, 0.1) is 5.71 Å². The van der Waals surface area contributed by atoms with Crippen LogP contribution in [-0.2, 0) is 6.42 Å². The third kappa shape index (κ3) is 1.50. The molecule has 1 aliphatic rings. The minimum absolute atomic E-state index is 0.196. The first-order valence-electron chi connectivity index (χ1n) is 5.72. The number of halogens is 1. The van der Waals surface area contributed by atoms with Crippen LogP contribution in [0.15, 0.2) is 35.5 Å². The summed E-state index contributed by atoms with van der Waals surface area (Å²) in [6, 6.07) is 8.74. The molecule has 0 atom stereocenters. The lowest BCUT2D eigenvalue weighted by Gasteiger charge is -2.18. The van der Waals surface area contributed by atoms with Gasteiger partial charge < -0.3 is 5.21 Å². The van der Waals surface area contributed by atoms with Crippen molar-refractivity contribution in [2.45, 2.75) is 19.3 Å². The third-order valence-electron chi connectivity index (χ3n) is 3.39. The van der Waals surface area contributed by atoms with Crippen molar-refractivity contribution >= 4 is 16.5 Å². The molecule has 0 heterocycles. The van der Waals surface area contributed by atoms with Gasteiger partial charge in [0.25, 0.3) is 0 Å². The molecule has 2 nitrogen and oxygen atoms in total. The number of benzene rings is 2. The highest BCUT2D eigenvalue weighted by Crippen LogP contribution is 2.30. The smallest absolute Gasteiger partial charge is 0.131 e. The van der Waals surface area contributed by atoms with Crippen LogP contribution in [0.25, 0.3) is 10.8 Å². The molecule has 86 valence electrons. The first kappa shape index (κ1) is 10.3. The van der Waals surface area contributed by atoms with Crippen molar-refractivity contribution in [3.8, 4) is 0 Å². The number of hydrogen-bond acceptors (Lipinski definition) is 2. The zero-order valence-corrected chi connectivity index (χ0v) is 9.28. The maximum atomic E-state index is 13.7. The molecular weight excluding hydrogens is 218 g/mol. The van der Waals surface area contributed by atoms with Gasteiger partial charge in [-0.3, -0.25) is 0 Å². The number of fused-ring (bicyclic) bond motifs is 3. The molecule has 1 N–H and O–H groups in total. The fourth-order valence-electron chi connectivity index (χ4n) is 2.59. The predicted octanol–water partition coefficient (Wildman–Crippen LogP) is 3.49. The van der Waals surface area contributed by atoms with Gasteiger partial charge >= 0.3 is 0 Å². The fraction of sp³-hybridized carbons (Fsp3) is 0.214. The number of hydrogen-bond donors (Lipinski definition) is 1. The first-order chi connectivity index (χ1) is 8.31. The molecule has 1 aliphatic carbocycles. The van der Waals surface area contributed by atoms with E-state index in [0.29, 0.717) is 11.1 Å². The predicted molar refractivity (Wildman–Crippen MR) is 65.2 cm³/mol. The average molecular weight is 230 g/mol. The summed E-state index contributed by atoms with van der Waals surface area (Å²) in [5.74, 6) is -0.196. The van der Waals surface area contributed by atoms with Crippen molar-refractivity contribution in [3.63, 3.8) is 0 Å². The van der Waals surface area contributed by atoms with Crippen LogP contribution in [0.1, 0.15) is 24.0 Å². The van der Waals surface area contributed by atoms with Gasteiger partial charge in [0, 0.05) is 10.9 Å². The molecular formula is C14H12FNO. The quantitative estimate of drug-likeness (QED) is 0.419. The number of nitrogens with zero attached hydrogens (tertiary/aromatic N) is 1. The normalized spacial score (nSPS) is 17.4. The lowest BCUT2D eigenvalue weighted by Crippen LogP contribution is -2.12. The molecule has 0 amide bonds. The Labute approximate surface area is 98.4 Å². The Hall–Kier alpha value is -1.90. The van der Waals surface area contributed by atoms with Crippen molar-refractivity contribution < 1.29 is 9.60 Å². The van der Waals surface area contributed by atoms with Crippen molar-refractivity contribution in [1.82, 2.24) is 0 Å². The van der Waals surface area contributed by atoms with Crippen LogP contribution in [0, 0.1) is 5.82 Å². The van der Waals surface area contributed by atoms with Crippen LogP contribution >= 0.6 is 0 Å². The van der Waals surface area contributed by atoms with Gasteiger partial charge in [-0.15, -0.1) is 0 Å². The Balaban J connectivity index is 2.36. The van der Waals surface area contributed by atoms with E-state index in [-0.39, 0.29) is 5.82 Å². The van der Waals surface area contributed by atoms with Gasteiger partial charge in [-0.2, -0.15) is 0 Å².